The highest BCUT2D eigenvalue weighted by Gasteiger charge is 2.28. The number of carbonyl (C=O) groups excluding carboxylic acids is 3. The molecule has 2 amide bonds. The maximum absolute atomic E-state index is 13.1. The monoisotopic (exact) mass is 605 g/mol. The second kappa shape index (κ2) is 13.2. The fraction of sp³-hybridized carbons (Fsp3) is 0.300. The van der Waals surface area contributed by atoms with Gasteiger partial charge >= 0.3 is 5.97 Å². The number of esters is 1. The van der Waals surface area contributed by atoms with Crippen molar-refractivity contribution in [2.24, 2.45) is 0 Å². The van der Waals surface area contributed by atoms with Crippen molar-refractivity contribution in [1.29, 1.82) is 0 Å². The number of fused-ring (bicyclic) bond motifs is 1. The van der Waals surface area contributed by atoms with Crippen molar-refractivity contribution in [1.82, 2.24) is 20.1 Å². The second-order valence-electron chi connectivity index (χ2n) is 9.60. The van der Waals surface area contributed by atoms with Gasteiger partial charge in [-0.2, -0.15) is 0 Å². The minimum Gasteiger partial charge on any atom is -0.497 e. The summed E-state index contributed by atoms with van der Waals surface area (Å²) in [6.07, 6.45) is 2.70. The standard InChI is InChI=1S/C30H31N5O5S2/c1-4-40-29(38)26-22-9-6-10-23(22)42-28(26)32-25(36)17-41-30-34-33-24(35(30)20-8-5-7-18(2)15-20)16-31-27(37)19-11-13-21(39-3)14-12-19/h5,7-8,11-15H,4,6,9-10,16-17H2,1-3H3,(H,31,37)(H,32,36). The van der Waals surface area contributed by atoms with Crippen molar-refractivity contribution in [3.05, 3.63) is 81.5 Å². The molecule has 0 atom stereocenters. The van der Waals surface area contributed by atoms with E-state index in [0.717, 1.165) is 41.0 Å². The Balaban J connectivity index is 1.31. The molecule has 2 heterocycles. The molecule has 0 aliphatic heterocycles. The molecule has 0 bridgehead atoms. The molecule has 0 unspecified atom stereocenters. The number of benzene rings is 2. The zero-order valence-corrected chi connectivity index (χ0v) is 25.2. The number of anilines is 1. The lowest BCUT2D eigenvalue weighted by molar-refractivity contribution is -0.113. The van der Waals surface area contributed by atoms with Gasteiger partial charge in [-0.25, -0.2) is 4.79 Å². The van der Waals surface area contributed by atoms with Crippen LogP contribution in [0, 0.1) is 6.92 Å². The number of hydrogen-bond donors (Lipinski definition) is 2. The van der Waals surface area contributed by atoms with E-state index in [1.807, 2.05) is 35.8 Å². The van der Waals surface area contributed by atoms with Crippen molar-refractivity contribution in [2.45, 2.75) is 44.8 Å². The second-order valence-corrected chi connectivity index (χ2v) is 11.7. The van der Waals surface area contributed by atoms with Gasteiger partial charge in [0.2, 0.25) is 5.91 Å². The fourth-order valence-corrected chi connectivity index (χ4v) is 6.81. The van der Waals surface area contributed by atoms with Gasteiger partial charge in [0.1, 0.15) is 10.8 Å². The van der Waals surface area contributed by atoms with Gasteiger partial charge in [-0.1, -0.05) is 23.9 Å². The number of hydrogen-bond acceptors (Lipinski definition) is 9. The number of nitrogens with one attached hydrogen (secondary N) is 2. The summed E-state index contributed by atoms with van der Waals surface area (Å²) in [5.74, 6) is 0.304. The van der Waals surface area contributed by atoms with Crippen LogP contribution in [0.4, 0.5) is 5.00 Å². The van der Waals surface area contributed by atoms with E-state index in [9.17, 15) is 14.4 Å². The minimum absolute atomic E-state index is 0.0486. The van der Waals surface area contributed by atoms with E-state index in [2.05, 4.69) is 20.8 Å². The predicted octanol–water partition coefficient (Wildman–Crippen LogP) is 4.97. The number of nitrogens with zero attached hydrogens (tertiary/aromatic N) is 3. The third-order valence-corrected chi connectivity index (χ3v) is 8.84. The Hall–Kier alpha value is -4.16. The number of methoxy groups -OCH3 is 1. The molecule has 12 heteroatoms. The van der Waals surface area contributed by atoms with Crippen molar-refractivity contribution in [3.8, 4) is 11.4 Å². The number of aromatic nitrogens is 3. The summed E-state index contributed by atoms with van der Waals surface area (Å²) in [4.78, 5) is 39.7. The maximum atomic E-state index is 13.1. The first-order valence-electron chi connectivity index (χ1n) is 13.6. The average molecular weight is 606 g/mol. The molecule has 0 saturated heterocycles. The Bertz CT molecular complexity index is 1610. The van der Waals surface area contributed by atoms with Gasteiger partial charge in [-0.05, 0) is 80.6 Å². The summed E-state index contributed by atoms with van der Waals surface area (Å²) in [6, 6.07) is 14.7. The van der Waals surface area contributed by atoms with Crippen molar-refractivity contribution in [2.75, 3.05) is 24.8 Å². The van der Waals surface area contributed by atoms with Crippen molar-refractivity contribution in [3.63, 3.8) is 0 Å². The zero-order valence-electron chi connectivity index (χ0n) is 23.6. The first-order chi connectivity index (χ1) is 20.4. The molecule has 0 fully saturated rings. The Kier molecular flexibility index (Phi) is 9.23. The predicted molar refractivity (Wildman–Crippen MR) is 162 cm³/mol. The first kappa shape index (κ1) is 29.3. The van der Waals surface area contributed by atoms with Crippen LogP contribution in [0.1, 0.15) is 55.9 Å². The lowest BCUT2D eigenvalue weighted by Gasteiger charge is -2.12. The van der Waals surface area contributed by atoms with Gasteiger partial charge in [0, 0.05) is 16.1 Å². The lowest BCUT2D eigenvalue weighted by Crippen LogP contribution is -2.24. The molecule has 4 aromatic rings. The number of thiophene rings is 1. The largest absolute Gasteiger partial charge is 0.497 e. The number of thioether (sulfide) groups is 1. The van der Waals surface area contributed by atoms with Crippen LogP contribution in [0.2, 0.25) is 0 Å². The first-order valence-corrected chi connectivity index (χ1v) is 15.4. The Labute approximate surface area is 251 Å². The highest BCUT2D eigenvalue weighted by atomic mass is 32.2. The van der Waals surface area contributed by atoms with Crippen LogP contribution < -0.4 is 15.4 Å². The highest BCUT2D eigenvalue weighted by molar-refractivity contribution is 7.99. The third-order valence-electron chi connectivity index (χ3n) is 6.71. The Morgan fingerprint density at radius 1 is 1.10 bits per heavy atom. The Morgan fingerprint density at radius 2 is 1.90 bits per heavy atom. The van der Waals surface area contributed by atoms with E-state index in [4.69, 9.17) is 9.47 Å². The number of ether oxygens (including phenoxy) is 2. The molecule has 2 aromatic carbocycles. The van der Waals surface area contributed by atoms with Gasteiger partial charge in [-0.15, -0.1) is 21.5 Å². The van der Waals surface area contributed by atoms with E-state index < -0.39 is 5.97 Å². The number of aryl methyl sites for hydroxylation is 2. The van der Waals surface area contributed by atoms with E-state index in [1.54, 1.807) is 38.3 Å². The summed E-state index contributed by atoms with van der Waals surface area (Å²) in [5.41, 5.74) is 3.81. The molecule has 0 spiro atoms. The molecule has 2 aromatic heterocycles. The normalized spacial score (nSPS) is 12.1. The van der Waals surface area contributed by atoms with Crippen molar-refractivity contribution < 1.29 is 23.9 Å². The number of rotatable bonds is 11. The van der Waals surface area contributed by atoms with E-state index in [1.165, 1.54) is 23.1 Å². The van der Waals surface area contributed by atoms with Gasteiger partial charge in [0.05, 0.1) is 31.6 Å². The fourth-order valence-electron chi connectivity index (χ4n) is 4.74. The van der Waals surface area contributed by atoms with Crippen LogP contribution in [0.25, 0.3) is 5.69 Å². The third kappa shape index (κ3) is 6.50. The van der Waals surface area contributed by atoms with Crippen LogP contribution in [-0.2, 0) is 28.9 Å². The van der Waals surface area contributed by atoms with Gasteiger partial charge in [0.15, 0.2) is 11.0 Å². The van der Waals surface area contributed by atoms with Crippen LogP contribution in [0.3, 0.4) is 0 Å². The topological polar surface area (TPSA) is 124 Å². The average Bonchev–Trinajstić information content (AvgIpc) is 3.69. The summed E-state index contributed by atoms with van der Waals surface area (Å²) >= 11 is 2.67. The van der Waals surface area contributed by atoms with Gasteiger partial charge in [-0.3, -0.25) is 14.2 Å². The van der Waals surface area contributed by atoms with E-state index in [0.29, 0.717) is 32.9 Å². The van der Waals surface area contributed by atoms with Crippen LogP contribution >= 0.6 is 23.1 Å². The minimum atomic E-state index is -0.402. The highest BCUT2D eigenvalue weighted by Crippen LogP contribution is 2.39. The molecule has 0 radical (unpaired) electrons. The maximum Gasteiger partial charge on any atom is 0.341 e. The SMILES string of the molecule is CCOC(=O)c1c(NC(=O)CSc2nnc(CNC(=O)c3ccc(OC)cc3)n2-c2cccc(C)c2)sc2c1CCC2. The molecule has 5 rings (SSSR count). The van der Waals surface area contributed by atoms with Gasteiger partial charge < -0.3 is 20.1 Å². The molecule has 2 N–H and O–H groups in total. The Morgan fingerprint density at radius 3 is 2.64 bits per heavy atom. The van der Waals surface area contributed by atoms with E-state index >= 15 is 0 Å². The van der Waals surface area contributed by atoms with E-state index in [-0.39, 0.29) is 30.7 Å². The summed E-state index contributed by atoms with van der Waals surface area (Å²) in [6.45, 7) is 4.15. The molecular weight excluding hydrogens is 574 g/mol. The van der Waals surface area contributed by atoms with Gasteiger partial charge in [0.25, 0.3) is 5.91 Å². The molecular formula is C30H31N5O5S2. The van der Waals surface area contributed by atoms with Crippen LogP contribution in [-0.4, -0.2) is 52.0 Å². The zero-order chi connectivity index (χ0) is 29.6. The number of carbonyl (C=O) groups is 3. The molecule has 42 heavy (non-hydrogen) atoms. The smallest absolute Gasteiger partial charge is 0.341 e. The quantitative estimate of drug-likeness (QED) is 0.181. The summed E-state index contributed by atoms with van der Waals surface area (Å²) < 4.78 is 12.3. The molecule has 10 nitrogen and oxygen atoms in total. The molecule has 218 valence electrons. The summed E-state index contributed by atoms with van der Waals surface area (Å²) in [5, 5.41) is 15.5. The molecule has 1 aliphatic rings. The molecule has 0 saturated carbocycles. The molecule has 1 aliphatic carbocycles. The van der Waals surface area contributed by atoms with Crippen molar-refractivity contribution >= 4 is 45.9 Å². The van der Waals surface area contributed by atoms with Crippen LogP contribution in [0.15, 0.2) is 53.7 Å². The summed E-state index contributed by atoms with van der Waals surface area (Å²) in [7, 11) is 1.57. The number of amides is 2. The van der Waals surface area contributed by atoms with Crippen LogP contribution in [0.5, 0.6) is 5.75 Å². The lowest BCUT2D eigenvalue weighted by atomic mass is 10.1.